The molecule has 0 atom stereocenters. The van der Waals surface area contributed by atoms with Crippen LogP contribution in [0.25, 0.3) is 6.08 Å². The molecule has 0 fully saturated rings. The van der Waals surface area contributed by atoms with Gasteiger partial charge in [0.25, 0.3) is 0 Å². The van der Waals surface area contributed by atoms with E-state index in [4.69, 9.17) is 11.6 Å². The highest BCUT2D eigenvalue weighted by Gasteiger charge is 1.93. The number of hydrogen-bond donors (Lipinski definition) is 0. The standard InChI is InChI=1S/C11H11ClO2/c1-14-11(13)4-2-3-9-5-7-10(12)8-6-9/h2-3,5-8H,4H2,1H3. The van der Waals surface area contributed by atoms with E-state index in [-0.39, 0.29) is 5.97 Å². The SMILES string of the molecule is COC(=O)CC=Cc1ccc(Cl)cc1. The summed E-state index contributed by atoms with van der Waals surface area (Å²) in [6.45, 7) is 0. The van der Waals surface area contributed by atoms with Crippen molar-refractivity contribution >= 4 is 23.6 Å². The summed E-state index contributed by atoms with van der Waals surface area (Å²) >= 11 is 5.72. The molecule has 2 nitrogen and oxygen atoms in total. The molecule has 1 aromatic carbocycles. The van der Waals surface area contributed by atoms with Crippen LogP contribution in [0.3, 0.4) is 0 Å². The first kappa shape index (κ1) is 10.8. The van der Waals surface area contributed by atoms with Crippen molar-refractivity contribution in [3.8, 4) is 0 Å². The molecule has 0 saturated carbocycles. The Morgan fingerprint density at radius 1 is 1.43 bits per heavy atom. The van der Waals surface area contributed by atoms with Crippen molar-refractivity contribution < 1.29 is 9.53 Å². The Bertz CT molecular complexity index is 328. The van der Waals surface area contributed by atoms with Crippen LogP contribution in [0, 0.1) is 0 Å². The molecule has 74 valence electrons. The van der Waals surface area contributed by atoms with Gasteiger partial charge in [0, 0.05) is 5.02 Å². The zero-order valence-corrected chi connectivity index (χ0v) is 8.62. The molecule has 3 heteroatoms. The molecule has 1 aromatic rings. The predicted molar refractivity (Wildman–Crippen MR) is 57.1 cm³/mol. The third-order valence-corrected chi connectivity index (χ3v) is 1.94. The highest BCUT2D eigenvalue weighted by Crippen LogP contribution is 2.10. The van der Waals surface area contributed by atoms with E-state index in [0.29, 0.717) is 11.4 Å². The largest absolute Gasteiger partial charge is 0.469 e. The first-order valence-corrected chi connectivity index (χ1v) is 4.59. The lowest BCUT2D eigenvalue weighted by molar-refractivity contribution is -0.139. The van der Waals surface area contributed by atoms with Crippen LogP contribution >= 0.6 is 11.6 Å². The molecule has 0 radical (unpaired) electrons. The monoisotopic (exact) mass is 210 g/mol. The molecule has 0 aliphatic heterocycles. The molecular weight excluding hydrogens is 200 g/mol. The fourth-order valence-corrected chi connectivity index (χ4v) is 1.07. The van der Waals surface area contributed by atoms with Crippen molar-refractivity contribution in [2.24, 2.45) is 0 Å². The molecule has 0 spiro atoms. The first-order valence-electron chi connectivity index (χ1n) is 4.21. The minimum absolute atomic E-state index is 0.241. The van der Waals surface area contributed by atoms with Gasteiger partial charge >= 0.3 is 5.97 Å². The summed E-state index contributed by atoms with van der Waals surface area (Å²) in [6.07, 6.45) is 3.90. The second kappa shape index (κ2) is 5.45. The maximum Gasteiger partial charge on any atom is 0.309 e. The van der Waals surface area contributed by atoms with Gasteiger partial charge in [0.15, 0.2) is 0 Å². The number of rotatable bonds is 3. The molecule has 1 rings (SSSR count). The Balaban J connectivity index is 2.52. The molecule has 0 N–H and O–H groups in total. The summed E-state index contributed by atoms with van der Waals surface area (Å²) < 4.78 is 4.50. The van der Waals surface area contributed by atoms with Crippen molar-refractivity contribution in [3.63, 3.8) is 0 Å². The Morgan fingerprint density at radius 3 is 2.64 bits per heavy atom. The van der Waals surface area contributed by atoms with Crippen molar-refractivity contribution in [1.82, 2.24) is 0 Å². The van der Waals surface area contributed by atoms with Gasteiger partial charge in [0.05, 0.1) is 13.5 Å². The lowest BCUT2D eigenvalue weighted by atomic mass is 10.2. The second-order valence-electron chi connectivity index (χ2n) is 2.73. The quantitative estimate of drug-likeness (QED) is 0.718. The molecular formula is C11H11ClO2. The van der Waals surface area contributed by atoms with Crippen LogP contribution in [-0.4, -0.2) is 13.1 Å². The molecule has 0 saturated heterocycles. The second-order valence-corrected chi connectivity index (χ2v) is 3.17. The van der Waals surface area contributed by atoms with Crippen LogP contribution in [0.2, 0.25) is 5.02 Å². The average molecular weight is 211 g/mol. The van der Waals surface area contributed by atoms with Crippen LogP contribution in [0.5, 0.6) is 0 Å². The van der Waals surface area contributed by atoms with Gasteiger partial charge in [0.2, 0.25) is 0 Å². The Kier molecular flexibility index (Phi) is 4.20. The van der Waals surface area contributed by atoms with Gasteiger partial charge in [-0.25, -0.2) is 0 Å². The number of carbonyl (C=O) groups is 1. The summed E-state index contributed by atoms with van der Waals surface area (Å²) in [5.74, 6) is -0.241. The maximum atomic E-state index is 10.8. The van der Waals surface area contributed by atoms with Crippen LogP contribution in [-0.2, 0) is 9.53 Å². The molecule has 14 heavy (non-hydrogen) atoms. The van der Waals surface area contributed by atoms with E-state index in [0.717, 1.165) is 5.56 Å². The third kappa shape index (κ3) is 3.62. The van der Waals surface area contributed by atoms with Crippen LogP contribution in [0.15, 0.2) is 30.3 Å². The van der Waals surface area contributed by atoms with Crippen molar-refractivity contribution in [2.45, 2.75) is 6.42 Å². The number of ether oxygens (including phenoxy) is 1. The molecule has 0 heterocycles. The lowest BCUT2D eigenvalue weighted by Gasteiger charge is -1.94. The van der Waals surface area contributed by atoms with Gasteiger partial charge in [0.1, 0.15) is 0 Å². The molecule has 0 bridgehead atoms. The normalized spacial score (nSPS) is 10.4. The fourth-order valence-electron chi connectivity index (χ4n) is 0.948. The number of halogens is 1. The third-order valence-electron chi connectivity index (χ3n) is 1.69. The summed E-state index contributed by atoms with van der Waals surface area (Å²) in [7, 11) is 1.37. The van der Waals surface area contributed by atoms with Crippen LogP contribution in [0.1, 0.15) is 12.0 Å². The zero-order valence-electron chi connectivity index (χ0n) is 7.87. The van der Waals surface area contributed by atoms with E-state index in [9.17, 15) is 4.79 Å². The van der Waals surface area contributed by atoms with E-state index in [1.165, 1.54) is 7.11 Å². The van der Waals surface area contributed by atoms with Gasteiger partial charge in [-0.05, 0) is 17.7 Å². The number of hydrogen-bond acceptors (Lipinski definition) is 2. The molecule has 0 aliphatic rings. The highest BCUT2D eigenvalue weighted by atomic mass is 35.5. The predicted octanol–water partition coefficient (Wildman–Crippen LogP) is 2.92. The van der Waals surface area contributed by atoms with Crippen molar-refractivity contribution in [3.05, 3.63) is 40.9 Å². The maximum absolute atomic E-state index is 10.8. The molecule has 0 unspecified atom stereocenters. The molecule has 0 aromatic heterocycles. The summed E-state index contributed by atoms with van der Waals surface area (Å²) in [6, 6.07) is 7.38. The van der Waals surface area contributed by atoms with E-state index in [1.807, 2.05) is 18.2 Å². The Hall–Kier alpha value is -1.28. The topological polar surface area (TPSA) is 26.3 Å². The van der Waals surface area contributed by atoms with Gasteiger partial charge in [-0.2, -0.15) is 0 Å². The van der Waals surface area contributed by atoms with E-state index in [2.05, 4.69) is 4.74 Å². The summed E-state index contributed by atoms with van der Waals surface area (Å²) in [4.78, 5) is 10.8. The summed E-state index contributed by atoms with van der Waals surface area (Å²) in [5, 5.41) is 0.704. The number of methoxy groups -OCH3 is 1. The number of carbonyl (C=O) groups excluding carboxylic acids is 1. The molecule has 0 amide bonds. The molecule has 0 aliphatic carbocycles. The highest BCUT2D eigenvalue weighted by molar-refractivity contribution is 6.30. The van der Waals surface area contributed by atoms with Crippen LogP contribution < -0.4 is 0 Å². The van der Waals surface area contributed by atoms with Gasteiger partial charge in [-0.1, -0.05) is 35.9 Å². The van der Waals surface area contributed by atoms with E-state index in [1.54, 1.807) is 18.2 Å². The minimum atomic E-state index is -0.241. The van der Waals surface area contributed by atoms with Crippen molar-refractivity contribution in [2.75, 3.05) is 7.11 Å². The van der Waals surface area contributed by atoms with Gasteiger partial charge < -0.3 is 4.74 Å². The summed E-state index contributed by atoms with van der Waals surface area (Å²) in [5.41, 5.74) is 1.01. The van der Waals surface area contributed by atoms with E-state index >= 15 is 0 Å². The fraction of sp³-hybridized carbons (Fsp3) is 0.182. The zero-order chi connectivity index (χ0) is 10.4. The number of esters is 1. The van der Waals surface area contributed by atoms with Gasteiger partial charge in [-0.15, -0.1) is 0 Å². The Morgan fingerprint density at radius 2 is 2.07 bits per heavy atom. The minimum Gasteiger partial charge on any atom is -0.469 e. The average Bonchev–Trinajstić information content (AvgIpc) is 2.21. The smallest absolute Gasteiger partial charge is 0.309 e. The Labute approximate surface area is 88.1 Å². The first-order chi connectivity index (χ1) is 6.72. The lowest BCUT2D eigenvalue weighted by Crippen LogP contribution is -1.96. The van der Waals surface area contributed by atoms with Crippen molar-refractivity contribution in [1.29, 1.82) is 0 Å². The van der Waals surface area contributed by atoms with Crippen LogP contribution in [0.4, 0.5) is 0 Å². The van der Waals surface area contributed by atoms with Gasteiger partial charge in [-0.3, -0.25) is 4.79 Å². The van der Waals surface area contributed by atoms with E-state index < -0.39 is 0 Å². The number of benzene rings is 1.